The molecule has 2 aromatic rings. The lowest BCUT2D eigenvalue weighted by atomic mass is 9.80. The van der Waals surface area contributed by atoms with Gasteiger partial charge < -0.3 is 20.4 Å². The molecule has 6 nitrogen and oxygen atoms in total. The van der Waals surface area contributed by atoms with Crippen molar-refractivity contribution in [3.63, 3.8) is 0 Å². The third kappa shape index (κ3) is 3.69. The molecule has 0 spiro atoms. The van der Waals surface area contributed by atoms with Crippen LogP contribution in [0.1, 0.15) is 56.4 Å². The summed E-state index contributed by atoms with van der Waals surface area (Å²) < 4.78 is 5.51. The van der Waals surface area contributed by atoms with E-state index < -0.39 is 5.54 Å². The number of ether oxygens (including phenoxy) is 1. The zero-order valence-electron chi connectivity index (χ0n) is 15.5. The highest BCUT2D eigenvalue weighted by molar-refractivity contribution is 6.01. The Bertz CT molecular complexity index is 791. The lowest BCUT2D eigenvalue weighted by molar-refractivity contribution is -0.128. The summed E-state index contributed by atoms with van der Waals surface area (Å²) in [5.41, 5.74) is 0.499. The van der Waals surface area contributed by atoms with Crippen LogP contribution < -0.4 is 15.4 Å². The van der Waals surface area contributed by atoms with Crippen LogP contribution in [-0.2, 0) is 4.79 Å². The molecule has 1 saturated carbocycles. The van der Waals surface area contributed by atoms with Crippen molar-refractivity contribution in [3.8, 4) is 5.75 Å². The van der Waals surface area contributed by atoms with Gasteiger partial charge in [0.1, 0.15) is 17.0 Å². The SMILES string of the molecule is CCNC(=O)C1(NC(=O)c2cc3ccc(OCC)cc3[nH]2)CCCCC1. The molecule has 0 aliphatic heterocycles. The van der Waals surface area contributed by atoms with Crippen molar-refractivity contribution in [2.24, 2.45) is 0 Å². The second-order valence-corrected chi connectivity index (χ2v) is 6.82. The second-order valence-electron chi connectivity index (χ2n) is 6.82. The number of aromatic amines is 1. The molecular formula is C20H27N3O3. The molecule has 140 valence electrons. The average molecular weight is 357 g/mol. The zero-order chi connectivity index (χ0) is 18.6. The molecule has 1 fully saturated rings. The highest BCUT2D eigenvalue weighted by atomic mass is 16.5. The first-order chi connectivity index (χ1) is 12.6. The Morgan fingerprint density at radius 2 is 1.92 bits per heavy atom. The van der Waals surface area contributed by atoms with Crippen LogP contribution in [0.15, 0.2) is 24.3 Å². The van der Waals surface area contributed by atoms with Crippen LogP contribution in [0.2, 0.25) is 0 Å². The molecular weight excluding hydrogens is 330 g/mol. The minimum atomic E-state index is -0.806. The van der Waals surface area contributed by atoms with Crippen molar-refractivity contribution in [2.45, 2.75) is 51.5 Å². The molecule has 1 aliphatic carbocycles. The molecule has 0 atom stereocenters. The monoisotopic (exact) mass is 357 g/mol. The molecule has 6 heteroatoms. The van der Waals surface area contributed by atoms with Gasteiger partial charge in [-0.05, 0) is 44.9 Å². The maximum Gasteiger partial charge on any atom is 0.268 e. The number of amides is 2. The smallest absolute Gasteiger partial charge is 0.268 e. The van der Waals surface area contributed by atoms with Crippen LogP contribution in [0.4, 0.5) is 0 Å². The number of carbonyl (C=O) groups is 2. The van der Waals surface area contributed by atoms with E-state index in [2.05, 4.69) is 15.6 Å². The quantitative estimate of drug-likeness (QED) is 0.743. The van der Waals surface area contributed by atoms with E-state index >= 15 is 0 Å². The number of benzene rings is 1. The summed E-state index contributed by atoms with van der Waals surface area (Å²) in [4.78, 5) is 28.6. The molecule has 0 bridgehead atoms. The summed E-state index contributed by atoms with van der Waals surface area (Å²) in [6, 6.07) is 7.51. The normalized spacial score (nSPS) is 16.2. The summed E-state index contributed by atoms with van der Waals surface area (Å²) in [5, 5.41) is 6.84. The van der Waals surface area contributed by atoms with E-state index in [0.29, 0.717) is 31.7 Å². The Kier molecular flexibility index (Phi) is 5.49. The number of fused-ring (bicyclic) bond motifs is 1. The van der Waals surface area contributed by atoms with E-state index in [1.165, 1.54) is 0 Å². The summed E-state index contributed by atoms with van der Waals surface area (Å²) in [7, 11) is 0. The molecule has 1 heterocycles. The van der Waals surface area contributed by atoms with Gasteiger partial charge in [0.15, 0.2) is 0 Å². The second kappa shape index (κ2) is 7.81. The van der Waals surface area contributed by atoms with Crippen LogP contribution in [0.5, 0.6) is 5.75 Å². The summed E-state index contributed by atoms with van der Waals surface area (Å²) in [6.45, 7) is 4.98. The fourth-order valence-corrected chi connectivity index (χ4v) is 3.66. The number of H-pyrrole nitrogens is 1. The number of carbonyl (C=O) groups excluding carboxylic acids is 2. The first-order valence-corrected chi connectivity index (χ1v) is 9.44. The van der Waals surface area contributed by atoms with Gasteiger partial charge in [-0.2, -0.15) is 0 Å². The molecule has 0 unspecified atom stereocenters. The lowest BCUT2D eigenvalue weighted by Crippen LogP contribution is -2.59. The number of likely N-dealkylation sites (N-methyl/N-ethyl adjacent to an activating group) is 1. The molecule has 1 aliphatic rings. The molecule has 3 rings (SSSR count). The van der Waals surface area contributed by atoms with Gasteiger partial charge in [-0.3, -0.25) is 9.59 Å². The summed E-state index contributed by atoms with van der Waals surface area (Å²) in [6.07, 6.45) is 4.35. The third-order valence-corrected chi connectivity index (χ3v) is 4.98. The molecule has 0 saturated heterocycles. The molecule has 1 aromatic heterocycles. The number of hydrogen-bond donors (Lipinski definition) is 3. The van der Waals surface area contributed by atoms with Gasteiger partial charge in [-0.15, -0.1) is 0 Å². The number of nitrogens with one attached hydrogen (secondary N) is 3. The molecule has 0 radical (unpaired) electrons. The minimum Gasteiger partial charge on any atom is -0.494 e. The highest BCUT2D eigenvalue weighted by Gasteiger charge is 2.40. The largest absolute Gasteiger partial charge is 0.494 e. The van der Waals surface area contributed by atoms with Crippen LogP contribution in [0.25, 0.3) is 10.9 Å². The van der Waals surface area contributed by atoms with Gasteiger partial charge in [0, 0.05) is 23.5 Å². The Morgan fingerprint density at radius 3 is 2.62 bits per heavy atom. The van der Waals surface area contributed by atoms with Crippen LogP contribution in [0, 0.1) is 0 Å². The minimum absolute atomic E-state index is 0.0807. The number of hydrogen-bond acceptors (Lipinski definition) is 3. The predicted octanol–water partition coefficient (Wildman–Crippen LogP) is 3.14. The van der Waals surface area contributed by atoms with Gasteiger partial charge in [0.05, 0.1) is 6.61 Å². The van der Waals surface area contributed by atoms with Crippen molar-refractivity contribution in [1.82, 2.24) is 15.6 Å². The molecule has 3 N–H and O–H groups in total. The van der Waals surface area contributed by atoms with E-state index in [4.69, 9.17) is 4.74 Å². The van der Waals surface area contributed by atoms with Crippen molar-refractivity contribution < 1.29 is 14.3 Å². The van der Waals surface area contributed by atoms with Crippen molar-refractivity contribution in [3.05, 3.63) is 30.0 Å². The number of rotatable bonds is 6. The predicted molar refractivity (Wildman–Crippen MR) is 101 cm³/mol. The average Bonchev–Trinajstić information content (AvgIpc) is 3.06. The fraction of sp³-hybridized carbons (Fsp3) is 0.500. The van der Waals surface area contributed by atoms with E-state index in [9.17, 15) is 9.59 Å². The Labute approximate surface area is 153 Å². The fourth-order valence-electron chi connectivity index (χ4n) is 3.66. The maximum atomic E-state index is 12.9. The topological polar surface area (TPSA) is 83.2 Å². The first-order valence-electron chi connectivity index (χ1n) is 9.44. The lowest BCUT2D eigenvalue weighted by Gasteiger charge is -2.36. The third-order valence-electron chi connectivity index (χ3n) is 4.98. The Morgan fingerprint density at radius 1 is 1.15 bits per heavy atom. The van der Waals surface area contributed by atoms with E-state index in [1.807, 2.05) is 38.1 Å². The standard InChI is InChI=1S/C20H27N3O3/c1-3-21-19(25)20(10-6-5-7-11-20)23-18(24)17-12-14-8-9-15(26-4-2)13-16(14)22-17/h8-9,12-13,22H,3-7,10-11H2,1-2H3,(H,21,25)(H,23,24). The molecule has 2 amide bonds. The van der Waals surface area contributed by atoms with Crippen LogP contribution in [-0.4, -0.2) is 35.5 Å². The maximum absolute atomic E-state index is 12.9. The van der Waals surface area contributed by atoms with Gasteiger partial charge >= 0.3 is 0 Å². The summed E-state index contributed by atoms with van der Waals surface area (Å²) >= 11 is 0. The van der Waals surface area contributed by atoms with Crippen LogP contribution in [0.3, 0.4) is 0 Å². The van der Waals surface area contributed by atoms with Crippen molar-refractivity contribution in [2.75, 3.05) is 13.2 Å². The van der Waals surface area contributed by atoms with Crippen molar-refractivity contribution >= 4 is 22.7 Å². The zero-order valence-corrected chi connectivity index (χ0v) is 15.5. The Balaban J connectivity index is 1.83. The van der Waals surface area contributed by atoms with Gasteiger partial charge in [-0.1, -0.05) is 19.3 Å². The van der Waals surface area contributed by atoms with Crippen LogP contribution >= 0.6 is 0 Å². The highest BCUT2D eigenvalue weighted by Crippen LogP contribution is 2.29. The van der Waals surface area contributed by atoms with E-state index in [0.717, 1.165) is 35.9 Å². The van der Waals surface area contributed by atoms with E-state index in [-0.39, 0.29) is 11.8 Å². The number of aromatic nitrogens is 1. The Hall–Kier alpha value is -2.50. The van der Waals surface area contributed by atoms with Crippen molar-refractivity contribution in [1.29, 1.82) is 0 Å². The molecule has 1 aromatic carbocycles. The first kappa shape index (κ1) is 18.3. The van der Waals surface area contributed by atoms with Gasteiger partial charge in [0.25, 0.3) is 5.91 Å². The molecule has 26 heavy (non-hydrogen) atoms. The van der Waals surface area contributed by atoms with E-state index in [1.54, 1.807) is 0 Å². The van der Waals surface area contributed by atoms with Gasteiger partial charge in [0.2, 0.25) is 5.91 Å². The summed E-state index contributed by atoms with van der Waals surface area (Å²) in [5.74, 6) is 0.440. The van der Waals surface area contributed by atoms with Gasteiger partial charge in [-0.25, -0.2) is 0 Å².